The zero-order valence-corrected chi connectivity index (χ0v) is 15.4. The molecule has 4 rings (SSSR count). The van der Waals surface area contributed by atoms with Gasteiger partial charge in [0.15, 0.2) is 0 Å². The monoisotopic (exact) mass is 368 g/mol. The zero-order chi connectivity index (χ0) is 19.1. The van der Waals surface area contributed by atoms with Gasteiger partial charge in [-0.2, -0.15) is 0 Å². The average Bonchev–Trinajstić information content (AvgIpc) is 3.28. The Bertz CT molecular complexity index is 1090. The minimum Gasteiger partial charge on any atom is -0.341 e. The highest BCUT2D eigenvalue weighted by Gasteiger charge is 2.21. The van der Waals surface area contributed by atoms with Gasteiger partial charge >= 0.3 is 0 Å². The van der Waals surface area contributed by atoms with Crippen LogP contribution in [0.25, 0.3) is 22.2 Å². The molecule has 1 aliphatic rings. The Morgan fingerprint density at radius 3 is 2.70 bits per heavy atom. The van der Waals surface area contributed by atoms with E-state index in [1.54, 1.807) is 28.5 Å². The maximum Gasteiger partial charge on any atom is 0.263 e. The maximum atomic E-state index is 13.6. The van der Waals surface area contributed by atoms with Crippen molar-refractivity contribution in [2.24, 2.45) is 7.05 Å². The molecule has 1 aromatic carbocycles. The molecule has 1 saturated heterocycles. The average molecular weight is 368 g/mol. The Morgan fingerprint density at radius 2 is 2.00 bits per heavy atom. The SMILES string of the molecule is Cc1cc(-c2cn(C)c3ncn(CC(=O)N4CCCC4)c(=O)c23)ccc1F. The molecule has 0 N–H and O–H groups in total. The third-order valence-corrected chi connectivity index (χ3v) is 5.18. The van der Waals surface area contributed by atoms with Gasteiger partial charge in [0.1, 0.15) is 24.3 Å². The van der Waals surface area contributed by atoms with E-state index in [4.69, 9.17) is 0 Å². The number of aromatic nitrogens is 3. The predicted molar refractivity (Wildman–Crippen MR) is 101 cm³/mol. The van der Waals surface area contributed by atoms with Crippen molar-refractivity contribution >= 4 is 16.9 Å². The Morgan fingerprint density at radius 1 is 1.26 bits per heavy atom. The van der Waals surface area contributed by atoms with Crippen molar-refractivity contribution in [3.8, 4) is 11.1 Å². The summed E-state index contributed by atoms with van der Waals surface area (Å²) in [4.78, 5) is 31.7. The molecule has 3 heterocycles. The lowest BCUT2D eigenvalue weighted by atomic mass is 10.0. The van der Waals surface area contributed by atoms with E-state index in [-0.39, 0.29) is 23.8 Å². The van der Waals surface area contributed by atoms with Crippen molar-refractivity contribution < 1.29 is 9.18 Å². The van der Waals surface area contributed by atoms with Crippen LogP contribution in [-0.4, -0.2) is 38.0 Å². The molecule has 3 aromatic rings. The molecule has 7 heteroatoms. The van der Waals surface area contributed by atoms with Crippen molar-refractivity contribution in [3.05, 3.63) is 52.5 Å². The highest BCUT2D eigenvalue weighted by Crippen LogP contribution is 2.28. The number of fused-ring (bicyclic) bond motifs is 1. The van der Waals surface area contributed by atoms with Gasteiger partial charge in [-0.05, 0) is 43.0 Å². The highest BCUT2D eigenvalue weighted by molar-refractivity contribution is 5.93. The van der Waals surface area contributed by atoms with Gasteiger partial charge in [0, 0.05) is 31.9 Å². The fraction of sp³-hybridized carbons (Fsp3) is 0.350. The molecular weight excluding hydrogens is 347 g/mol. The Hall–Kier alpha value is -2.96. The Labute approximate surface area is 155 Å². The largest absolute Gasteiger partial charge is 0.341 e. The van der Waals surface area contributed by atoms with E-state index in [2.05, 4.69) is 4.98 Å². The number of hydrogen-bond donors (Lipinski definition) is 0. The van der Waals surface area contributed by atoms with Crippen LogP contribution in [0.4, 0.5) is 4.39 Å². The van der Waals surface area contributed by atoms with Crippen molar-refractivity contribution in [2.75, 3.05) is 13.1 Å². The summed E-state index contributed by atoms with van der Waals surface area (Å²) in [5.74, 6) is -0.350. The Balaban J connectivity index is 1.80. The number of nitrogens with zero attached hydrogens (tertiary/aromatic N) is 4. The van der Waals surface area contributed by atoms with Crippen LogP contribution in [0.2, 0.25) is 0 Å². The van der Waals surface area contributed by atoms with Gasteiger partial charge in [0.05, 0.1) is 5.39 Å². The molecule has 27 heavy (non-hydrogen) atoms. The number of likely N-dealkylation sites (tertiary alicyclic amines) is 1. The van der Waals surface area contributed by atoms with E-state index >= 15 is 0 Å². The van der Waals surface area contributed by atoms with Crippen molar-refractivity contribution in [2.45, 2.75) is 26.3 Å². The van der Waals surface area contributed by atoms with E-state index < -0.39 is 0 Å². The second kappa shape index (κ2) is 6.64. The lowest BCUT2D eigenvalue weighted by Gasteiger charge is -2.15. The summed E-state index contributed by atoms with van der Waals surface area (Å²) in [5.41, 5.74) is 2.24. The fourth-order valence-corrected chi connectivity index (χ4v) is 3.66. The van der Waals surface area contributed by atoms with Crippen LogP contribution in [0, 0.1) is 12.7 Å². The normalized spacial score (nSPS) is 14.3. The van der Waals surface area contributed by atoms with E-state index in [1.807, 2.05) is 13.2 Å². The molecule has 0 atom stereocenters. The third kappa shape index (κ3) is 3.03. The summed E-state index contributed by atoms with van der Waals surface area (Å²) in [5, 5.41) is 0.445. The van der Waals surface area contributed by atoms with Gasteiger partial charge < -0.3 is 9.47 Å². The smallest absolute Gasteiger partial charge is 0.263 e. The van der Waals surface area contributed by atoms with Crippen molar-refractivity contribution in [3.63, 3.8) is 0 Å². The summed E-state index contributed by atoms with van der Waals surface area (Å²) >= 11 is 0. The van der Waals surface area contributed by atoms with Crippen molar-refractivity contribution in [1.82, 2.24) is 19.0 Å². The molecule has 6 nitrogen and oxygen atoms in total. The molecule has 0 unspecified atom stereocenters. The van der Waals surface area contributed by atoms with E-state index in [9.17, 15) is 14.0 Å². The maximum absolute atomic E-state index is 13.6. The molecule has 0 aliphatic carbocycles. The highest BCUT2D eigenvalue weighted by atomic mass is 19.1. The molecule has 140 valence electrons. The first-order valence-electron chi connectivity index (χ1n) is 9.04. The van der Waals surface area contributed by atoms with Crippen LogP contribution < -0.4 is 5.56 Å². The van der Waals surface area contributed by atoms with Crippen LogP contribution in [-0.2, 0) is 18.4 Å². The molecule has 0 spiro atoms. The standard InChI is InChI=1S/C20H21FN4O2/c1-13-9-14(5-6-16(13)21)15-10-23(2)19-18(15)20(27)25(12-22-19)11-17(26)24-7-3-4-8-24/h5-6,9-10,12H,3-4,7-8,11H2,1-2H3. The zero-order valence-electron chi connectivity index (χ0n) is 15.4. The van der Waals surface area contributed by atoms with E-state index in [0.717, 1.165) is 31.5 Å². The second-order valence-electron chi connectivity index (χ2n) is 7.08. The minimum absolute atomic E-state index is 0.0153. The topological polar surface area (TPSA) is 60.1 Å². The van der Waals surface area contributed by atoms with Gasteiger partial charge in [-0.15, -0.1) is 0 Å². The Kier molecular flexibility index (Phi) is 4.30. The van der Waals surface area contributed by atoms with Gasteiger partial charge in [0.2, 0.25) is 5.91 Å². The van der Waals surface area contributed by atoms with Crippen LogP contribution >= 0.6 is 0 Å². The van der Waals surface area contributed by atoms with Gasteiger partial charge in [-0.3, -0.25) is 14.2 Å². The number of hydrogen-bond acceptors (Lipinski definition) is 3. The first kappa shape index (κ1) is 17.5. The summed E-state index contributed by atoms with van der Waals surface area (Å²) in [6.07, 6.45) is 5.26. The molecule has 0 radical (unpaired) electrons. The summed E-state index contributed by atoms with van der Waals surface area (Å²) in [6, 6.07) is 4.77. The molecule has 1 fully saturated rings. The first-order valence-corrected chi connectivity index (χ1v) is 9.04. The summed E-state index contributed by atoms with van der Waals surface area (Å²) in [7, 11) is 1.81. The molecule has 1 aliphatic heterocycles. The number of rotatable bonds is 3. The van der Waals surface area contributed by atoms with E-state index in [0.29, 0.717) is 22.2 Å². The molecule has 1 amide bonds. The van der Waals surface area contributed by atoms with Crippen molar-refractivity contribution in [1.29, 1.82) is 0 Å². The fourth-order valence-electron chi connectivity index (χ4n) is 3.66. The number of aryl methyl sites for hydroxylation is 2. The third-order valence-electron chi connectivity index (χ3n) is 5.18. The molecule has 2 aromatic heterocycles. The number of benzene rings is 1. The number of carbonyl (C=O) groups is 1. The van der Waals surface area contributed by atoms with Gasteiger partial charge in [0.25, 0.3) is 5.56 Å². The first-order chi connectivity index (χ1) is 13.0. The number of amides is 1. The number of carbonyl (C=O) groups excluding carboxylic acids is 1. The van der Waals surface area contributed by atoms with Crippen LogP contribution in [0.1, 0.15) is 18.4 Å². The number of halogens is 1. The lowest BCUT2D eigenvalue weighted by molar-refractivity contribution is -0.130. The second-order valence-corrected chi connectivity index (χ2v) is 7.08. The van der Waals surface area contributed by atoms with Gasteiger partial charge in [-0.1, -0.05) is 6.07 Å². The van der Waals surface area contributed by atoms with Crippen LogP contribution in [0.3, 0.4) is 0 Å². The minimum atomic E-state index is -0.286. The molecule has 0 saturated carbocycles. The molecule has 0 bridgehead atoms. The molecular formula is C20H21FN4O2. The van der Waals surface area contributed by atoms with Crippen LogP contribution in [0.15, 0.2) is 35.5 Å². The van der Waals surface area contributed by atoms with Gasteiger partial charge in [-0.25, -0.2) is 9.37 Å². The summed E-state index contributed by atoms with van der Waals surface area (Å²) in [6.45, 7) is 3.16. The quantitative estimate of drug-likeness (QED) is 0.714. The lowest BCUT2D eigenvalue weighted by Crippen LogP contribution is -2.34. The van der Waals surface area contributed by atoms with E-state index in [1.165, 1.54) is 17.0 Å². The predicted octanol–water partition coefficient (Wildman–Crippen LogP) is 2.47. The summed E-state index contributed by atoms with van der Waals surface area (Å²) < 4.78 is 16.8. The van der Waals surface area contributed by atoms with Crippen LogP contribution in [0.5, 0.6) is 0 Å².